The lowest BCUT2D eigenvalue weighted by Gasteiger charge is -2.52. The third kappa shape index (κ3) is 7.87. The van der Waals surface area contributed by atoms with Gasteiger partial charge in [0.1, 0.15) is 24.4 Å². The van der Waals surface area contributed by atoms with Crippen LogP contribution in [-0.2, 0) is 61.6 Å². The highest BCUT2D eigenvalue weighted by molar-refractivity contribution is 5.74. The van der Waals surface area contributed by atoms with E-state index >= 15 is 0 Å². The molecule has 322 valence electrons. The first-order chi connectivity index (χ1) is 27.2. The van der Waals surface area contributed by atoms with E-state index in [1.165, 1.54) is 5.57 Å². The fourth-order valence-electron chi connectivity index (χ4n) is 11.3. The molecule has 0 unspecified atom stereocenters. The van der Waals surface area contributed by atoms with Gasteiger partial charge < -0.3 is 67.1 Å². The van der Waals surface area contributed by atoms with Crippen LogP contribution in [0.3, 0.4) is 0 Å². The van der Waals surface area contributed by atoms with Gasteiger partial charge in [-0.1, -0.05) is 18.6 Å². The van der Waals surface area contributed by atoms with Crippen molar-refractivity contribution in [2.75, 3.05) is 27.9 Å². The molecule has 6 heterocycles. The number of hydrogen-bond donors (Lipinski definition) is 2. The molecule has 8 aliphatic rings. The average molecular weight is 809 g/mol. The Labute approximate surface area is 335 Å². The number of methoxy groups -OCH3 is 3. The second kappa shape index (κ2) is 16.6. The molecule has 5 saturated heterocycles. The maximum absolute atomic E-state index is 13.7. The van der Waals surface area contributed by atoms with Crippen molar-refractivity contribution in [1.29, 1.82) is 0 Å². The van der Waals surface area contributed by atoms with E-state index in [1.807, 2.05) is 27.0 Å². The average Bonchev–Trinajstić information content (AvgIpc) is 3.69. The number of carbonyl (C=O) groups is 1. The van der Waals surface area contributed by atoms with E-state index in [-0.39, 0.29) is 42.0 Å². The lowest BCUT2D eigenvalue weighted by molar-refractivity contribution is -0.339. The van der Waals surface area contributed by atoms with Gasteiger partial charge in [0, 0.05) is 47.5 Å². The fourth-order valence-corrected chi connectivity index (χ4v) is 11.3. The number of carbonyl (C=O) groups excluding carboxylic acids is 1. The number of rotatable bonds is 9. The molecular formula is C42H64O15. The first kappa shape index (κ1) is 42.0. The zero-order valence-electron chi connectivity index (χ0n) is 34.6. The minimum atomic E-state index is -0.790. The Balaban J connectivity index is 0.876. The minimum Gasteiger partial charge on any atom is -0.469 e. The minimum absolute atomic E-state index is 0.000401. The molecule has 8 rings (SSSR count). The molecule has 0 aromatic rings. The summed E-state index contributed by atoms with van der Waals surface area (Å²) in [4.78, 5) is 13.7. The van der Waals surface area contributed by atoms with Gasteiger partial charge >= 0.3 is 5.97 Å². The monoisotopic (exact) mass is 808 g/mol. The van der Waals surface area contributed by atoms with Gasteiger partial charge in [-0.2, -0.15) is 0 Å². The summed E-state index contributed by atoms with van der Waals surface area (Å²) in [5, 5.41) is 22.1. The molecule has 0 bridgehead atoms. The Morgan fingerprint density at radius 2 is 1.39 bits per heavy atom. The predicted octanol–water partition coefficient (Wildman–Crippen LogP) is 3.66. The van der Waals surface area contributed by atoms with Crippen molar-refractivity contribution >= 4 is 5.97 Å². The van der Waals surface area contributed by atoms with Gasteiger partial charge in [-0.15, -0.1) is 0 Å². The van der Waals surface area contributed by atoms with Gasteiger partial charge in [0.05, 0.1) is 73.5 Å². The number of allylic oxidation sites excluding steroid dienone is 1. The summed E-state index contributed by atoms with van der Waals surface area (Å²) in [7, 11) is 4.86. The third-order valence-electron chi connectivity index (χ3n) is 14.5. The smallest absolute Gasteiger partial charge is 0.309 e. The summed E-state index contributed by atoms with van der Waals surface area (Å²) in [5.74, 6) is -1.37. The molecule has 0 amide bonds. The molecule has 6 fully saturated rings. The van der Waals surface area contributed by atoms with Crippen molar-refractivity contribution in [1.82, 2.24) is 0 Å². The summed E-state index contributed by atoms with van der Waals surface area (Å²) in [6, 6.07) is 0. The van der Waals surface area contributed by atoms with E-state index in [2.05, 4.69) is 13.0 Å². The lowest BCUT2D eigenvalue weighted by atomic mass is 9.55. The summed E-state index contributed by atoms with van der Waals surface area (Å²) >= 11 is 0. The Bertz CT molecular complexity index is 1510. The van der Waals surface area contributed by atoms with Crippen molar-refractivity contribution in [3.05, 3.63) is 23.5 Å². The van der Waals surface area contributed by atoms with Crippen LogP contribution in [-0.4, -0.2) is 142 Å². The van der Waals surface area contributed by atoms with Crippen LogP contribution in [0.5, 0.6) is 0 Å². The molecule has 6 aliphatic heterocycles. The number of ether oxygens (including phenoxy) is 12. The van der Waals surface area contributed by atoms with Crippen LogP contribution in [0.15, 0.2) is 23.5 Å². The number of fused-ring (bicyclic) bond motifs is 3. The van der Waals surface area contributed by atoms with E-state index in [0.29, 0.717) is 45.1 Å². The molecule has 2 N–H and O–H groups in total. The molecular weight excluding hydrogens is 744 g/mol. The SMILES string of the molecule is CO[C@H]1C[C@H](O[C@H]2[C@@H](OC)C[C@H](O[C@@H]3CC4=CC[C@H]5C(=O)O[C@@H]6CO[C@]7(C)OC=C(CC[C@@H]5[C@@]4(C)C[C@H]3O)[C@H]67)O[C@@H]2C)O[C@H](C)[C@H]1O[C@H]1C[C@@H](OC)[C@@H](O)[C@H](C)O1. The number of aliphatic hydroxyl groups excluding tert-OH is 2. The van der Waals surface area contributed by atoms with Gasteiger partial charge in [0.25, 0.3) is 0 Å². The number of aliphatic hydroxyl groups is 2. The Hall–Kier alpha value is -1.73. The normalized spacial score (nSPS) is 51.2. The highest BCUT2D eigenvalue weighted by Gasteiger charge is 2.59. The van der Waals surface area contributed by atoms with Gasteiger partial charge in [0.15, 0.2) is 18.9 Å². The van der Waals surface area contributed by atoms with Gasteiger partial charge in [-0.3, -0.25) is 4.79 Å². The van der Waals surface area contributed by atoms with Crippen molar-refractivity contribution in [2.45, 2.75) is 184 Å². The molecule has 15 heteroatoms. The quantitative estimate of drug-likeness (QED) is 0.256. The van der Waals surface area contributed by atoms with Crippen LogP contribution in [0.4, 0.5) is 0 Å². The maximum Gasteiger partial charge on any atom is 0.309 e. The molecule has 20 atom stereocenters. The summed E-state index contributed by atoms with van der Waals surface area (Å²) in [6.45, 7) is 10.1. The summed E-state index contributed by atoms with van der Waals surface area (Å²) < 4.78 is 73.7. The third-order valence-corrected chi connectivity index (χ3v) is 14.5. The molecule has 1 saturated carbocycles. The predicted molar refractivity (Wildman–Crippen MR) is 199 cm³/mol. The Morgan fingerprint density at radius 1 is 0.789 bits per heavy atom. The lowest BCUT2D eigenvalue weighted by Crippen LogP contribution is -2.57. The molecule has 57 heavy (non-hydrogen) atoms. The van der Waals surface area contributed by atoms with E-state index in [1.54, 1.807) is 28.3 Å². The van der Waals surface area contributed by atoms with Crippen LogP contribution >= 0.6 is 0 Å². The Morgan fingerprint density at radius 3 is 2.02 bits per heavy atom. The molecule has 2 aliphatic carbocycles. The Kier molecular flexibility index (Phi) is 12.2. The van der Waals surface area contributed by atoms with Crippen LogP contribution < -0.4 is 0 Å². The molecule has 15 nitrogen and oxygen atoms in total. The largest absolute Gasteiger partial charge is 0.469 e. The van der Waals surface area contributed by atoms with Crippen LogP contribution in [0, 0.1) is 23.2 Å². The van der Waals surface area contributed by atoms with Crippen LogP contribution in [0.1, 0.15) is 86.0 Å². The zero-order chi connectivity index (χ0) is 40.4. The number of esters is 1. The fraction of sp³-hybridized carbons (Fsp3) is 0.881. The van der Waals surface area contributed by atoms with Gasteiger partial charge in [0.2, 0.25) is 5.79 Å². The highest BCUT2D eigenvalue weighted by Crippen LogP contribution is 2.57. The van der Waals surface area contributed by atoms with Gasteiger partial charge in [-0.05, 0) is 69.8 Å². The topological polar surface area (TPSA) is 168 Å². The van der Waals surface area contributed by atoms with Crippen molar-refractivity contribution in [3.63, 3.8) is 0 Å². The van der Waals surface area contributed by atoms with Gasteiger partial charge in [-0.25, -0.2) is 0 Å². The van der Waals surface area contributed by atoms with Crippen LogP contribution in [0.2, 0.25) is 0 Å². The molecule has 0 aromatic heterocycles. The molecule has 0 spiro atoms. The highest BCUT2D eigenvalue weighted by atomic mass is 16.8. The molecule has 0 radical (unpaired) electrons. The van der Waals surface area contributed by atoms with E-state index in [4.69, 9.17) is 56.8 Å². The van der Waals surface area contributed by atoms with E-state index < -0.39 is 85.0 Å². The van der Waals surface area contributed by atoms with Crippen LogP contribution in [0.25, 0.3) is 0 Å². The second-order valence-corrected chi connectivity index (χ2v) is 17.9. The van der Waals surface area contributed by atoms with Crippen molar-refractivity contribution in [3.8, 4) is 0 Å². The first-order valence-electron chi connectivity index (χ1n) is 21.0. The van der Waals surface area contributed by atoms with E-state index in [0.717, 1.165) is 18.4 Å². The van der Waals surface area contributed by atoms with Crippen molar-refractivity contribution < 1.29 is 71.8 Å². The molecule has 0 aromatic carbocycles. The zero-order valence-corrected chi connectivity index (χ0v) is 34.6. The second-order valence-electron chi connectivity index (χ2n) is 17.9. The maximum atomic E-state index is 13.7. The standard InChI is InChI=1S/C42H64O15/c1-20-37(44)29(46-6)14-34(51-20)56-39-22(3)53-35(16-31(39)48-8)57-38-21(2)52-33(15-30(38)47-7)54-28-13-24-10-11-25-26(41(24,4)17-27(28)43)12-9-23-18-49-42(5)36(23)32(19-50-42)55-40(25)45/h10,18,20-22,25-39,43-44H,9,11-17,19H2,1-8H3/t20-,21+,22+,25+,26-,27+,28+,29+,30-,31-,32+,33-,34-,35-,36+,37-,38+,39+,41-,42-/m0/s1. The number of hydrogen-bond acceptors (Lipinski definition) is 15. The van der Waals surface area contributed by atoms with E-state index in [9.17, 15) is 15.0 Å². The van der Waals surface area contributed by atoms with Crippen molar-refractivity contribution in [2.24, 2.45) is 23.2 Å². The summed E-state index contributed by atoms with van der Waals surface area (Å²) in [6.07, 6.45) is 0.929. The summed E-state index contributed by atoms with van der Waals surface area (Å²) in [5.41, 5.74) is 1.95. The first-order valence-corrected chi connectivity index (χ1v) is 21.0.